The van der Waals surface area contributed by atoms with Crippen LogP contribution in [-0.2, 0) is 14.3 Å². The van der Waals surface area contributed by atoms with Gasteiger partial charge in [0, 0.05) is 16.5 Å². The molecule has 0 radical (unpaired) electrons. The van der Waals surface area contributed by atoms with Crippen molar-refractivity contribution in [1.29, 1.82) is 0 Å². The molecule has 180 valence electrons. The summed E-state index contributed by atoms with van der Waals surface area (Å²) in [7, 11) is 0. The van der Waals surface area contributed by atoms with Crippen LogP contribution >= 0.6 is 0 Å². The third-order valence-corrected chi connectivity index (χ3v) is 7.90. The van der Waals surface area contributed by atoms with E-state index in [1.54, 1.807) is 36.4 Å². The van der Waals surface area contributed by atoms with Crippen molar-refractivity contribution in [2.75, 3.05) is 4.90 Å². The summed E-state index contributed by atoms with van der Waals surface area (Å²) in [5.41, 5.74) is 0.406. The van der Waals surface area contributed by atoms with Crippen molar-refractivity contribution < 1.29 is 23.9 Å². The van der Waals surface area contributed by atoms with Crippen molar-refractivity contribution in [1.82, 2.24) is 0 Å². The summed E-state index contributed by atoms with van der Waals surface area (Å²) in [5.74, 6) is -4.45. The predicted molar refractivity (Wildman–Crippen MR) is 136 cm³/mol. The van der Waals surface area contributed by atoms with Gasteiger partial charge in [0.15, 0.2) is 0 Å². The van der Waals surface area contributed by atoms with Gasteiger partial charge >= 0.3 is 0 Å². The molecule has 2 heterocycles. The zero-order valence-electron chi connectivity index (χ0n) is 19.9. The predicted octanol–water partition coefficient (Wildman–Crippen LogP) is 4.84. The van der Waals surface area contributed by atoms with E-state index in [1.807, 2.05) is 61.5 Å². The van der Waals surface area contributed by atoms with Gasteiger partial charge in [-0.25, -0.2) is 4.90 Å². The van der Waals surface area contributed by atoms with Gasteiger partial charge in [0.05, 0.1) is 23.6 Å². The molecule has 6 heteroatoms. The highest BCUT2D eigenvalue weighted by molar-refractivity contribution is 6.37. The molecule has 1 aliphatic carbocycles. The van der Waals surface area contributed by atoms with Crippen molar-refractivity contribution in [3.8, 4) is 0 Å². The maximum atomic E-state index is 14.2. The lowest BCUT2D eigenvalue weighted by atomic mass is 9.77. The van der Waals surface area contributed by atoms with Crippen LogP contribution in [0.5, 0.6) is 0 Å². The molecule has 2 amide bonds. The van der Waals surface area contributed by atoms with E-state index in [0.717, 1.165) is 21.2 Å². The first-order chi connectivity index (χ1) is 17.9. The largest absolute Gasteiger partial charge is 0.349 e. The Morgan fingerprint density at radius 3 is 2.11 bits per heavy atom. The number of ketones is 2. The van der Waals surface area contributed by atoms with Gasteiger partial charge in [0.1, 0.15) is 0 Å². The Morgan fingerprint density at radius 1 is 0.730 bits per heavy atom. The molecule has 0 aromatic heterocycles. The maximum Gasteiger partial charge on any atom is 0.241 e. The standard InChI is InChI=1S/C31H21NO5/c1-17-8-6-11-19(16-17)26-24-25(31(37-26)27(33)21-13-4-5-14-22(21)28(31)34)30(36)32(29(24)35)23-15-7-10-18-9-2-3-12-20(18)23/h2-16,24-26H,1H3/t24-,25+,26+/m1/s1. The zero-order chi connectivity index (χ0) is 25.5. The Balaban J connectivity index is 1.45. The van der Waals surface area contributed by atoms with Crippen LogP contribution < -0.4 is 4.90 Å². The van der Waals surface area contributed by atoms with E-state index in [4.69, 9.17) is 4.74 Å². The first-order valence-corrected chi connectivity index (χ1v) is 12.2. The van der Waals surface area contributed by atoms with E-state index < -0.39 is 46.9 Å². The molecule has 4 aromatic rings. The molecule has 2 fully saturated rings. The second-order valence-corrected chi connectivity index (χ2v) is 9.91. The topological polar surface area (TPSA) is 80.8 Å². The van der Waals surface area contributed by atoms with Crippen LogP contribution in [0, 0.1) is 18.8 Å². The molecule has 0 saturated carbocycles. The lowest BCUT2D eigenvalue weighted by Crippen LogP contribution is -2.51. The molecule has 37 heavy (non-hydrogen) atoms. The number of carbonyl (C=O) groups excluding carboxylic acids is 4. The minimum Gasteiger partial charge on any atom is -0.349 e. The van der Waals surface area contributed by atoms with E-state index in [1.165, 1.54) is 0 Å². The number of imide groups is 1. The molecule has 1 spiro atoms. The Morgan fingerprint density at radius 2 is 1.38 bits per heavy atom. The Labute approximate surface area is 212 Å². The van der Waals surface area contributed by atoms with Crippen LogP contribution in [0.25, 0.3) is 10.8 Å². The summed E-state index contributed by atoms with van der Waals surface area (Å²) in [6.07, 6.45) is -0.927. The number of hydrogen-bond acceptors (Lipinski definition) is 5. The number of amides is 2. The highest BCUT2D eigenvalue weighted by Gasteiger charge is 2.74. The zero-order valence-corrected chi connectivity index (χ0v) is 19.9. The average Bonchev–Trinajstić information content (AvgIpc) is 3.48. The summed E-state index contributed by atoms with van der Waals surface area (Å²) in [6.45, 7) is 1.91. The second-order valence-electron chi connectivity index (χ2n) is 9.91. The molecule has 2 saturated heterocycles. The molecule has 0 bridgehead atoms. The summed E-state index contributed by atoms with van der Waals surface area (Å²) >= 11 is 0. The lowest BCUT2D eigenvalue weighted by molar-refractivity contribution is -0.127. The normalized spacial score (nSPS) is 23.8. The molecule has 4 aromatic carbocycles. The number of carbonyl (C=O) groups is 4. The van der Waals surface area contributed by atoms with E-state index in [9.17, 15) is 19.2 Å². The Bertz CT molecular complexity index is 1650. The van der Waals surface area contributed by atoms with Gasteiger partial charge in [-0.1, -0.05) is 90.5 Å². The van der Waals surface area contributed by atoms with Gasteiger partial charge in [-0.3, -0.25) is 19.2 Å². The number of fused-ring (bicyclic) bond motifs is 4. The van der Waals surface area contributed by atoms with Crippen LogP contribution in [0.15, 0.2) is 91.0 Å². The van der Waals surface area contributed by atoms with Gasteiger partial charge in [0.2, 0.25) is 29.0 Å². The minimum absolute atomic E-state index is 0.222. The quantitative estimate of drug-likeness (QED) is 0.299. The maximum absolute atomic E-state index is 14.2. The van der Waals surface area contributed by atoms with Crippen molar-refractivity contribution in [3.05, 3.63) is 113 Å². The van der Waals surface area contributed by atoms with E-state index in [2.05, 4.69) is 0 Å². The number of hydrogen-bond donors (Lipinski definition) is 0. The third kappa shape index (κ3) is 2.73. The number of Topliss-reactive ketones (excluding diaryl/α,β-unsaturated/α-hetero) is 2. The molecule has 7 rings (SSSR count). The van der Waals surface area contributed by atoms with Gasteiger partial charge in [-0.2, -0.15) is 0 Å². The van der Waals surface area contributed by atoms with E-state index in [0.29, 0.717) is 11.3 Å². The lowest BCUT2D eigenvalue weighted by Gasteiger charge is -2.27. The molecule has 0 N–H and O–H groups in total. The summed E-state index contributed by atoms with van der Waals surface area (Å²) in [4.78, 5) is 57.3. The van der Waals surface area contributed by atoms with Crippen molar-refractivity contribution in [2.45, 2.75) is 18.6 Å². The molecular formula is C31H21NO5. The summed E-state index contributed by atoms with van der Waals surface area (Å²) in [6, 6.07) is 26.9. The van der Waals surface area contributed by atoms with Crippen LogP contribution in [0.4, 0.5) is 5.69 Å². The third-order valence-electron chi connectivity index (χ3n) is 7.90. The minimum atomic E-state index is -2.07. The summed E-state index contributed by atoms with van der Waals surface area (Å²) in [5, 5.41) is 1.61. The van der Waals surface area contributed by atoms with Crippen LogP contribution in [-0.4, -0.2) is 29.0 Å². The van der Waals surface area contributed by atoms with Gasteiger partial charge in [0.25, 0.3) is 0 Å². The van der Waals surface area contributed by atoms with Crippen LogP contribution in [0.1, 0.15) is 37.9 Å². The molecule has 0 unspecified atom stereocenters. The summed E-state index contributed by atoms with van der Waals surface area (Å²) < 4.78 is 6.37. The highest BCUT2D eigenvalue weighted by Crippen LogP contribution is 2.58. The number of benzene rings is 4. The molecule has 3 atom stereocenters. The number of ether oxygens (including phenoxy) is 1. The smallest absolute Gasteiger partial charge is 0.241 e. The monoisotopic (exact) mass is 487 g/mol. The van der Waals surface area contributed by atoms with Gasteiger partial charge < -0.3 is 4.74 Å². The second kappa shape index (κ2) is 7.54. The SMILES string of the molecule is Cc1cccc([C@@H]2OC3(C(=O)c4ccccc4C3=O)[C@@H]3C(=O)N(c4cccc5ccccc45)C(=O)[C@H]32)c1. The molecule has 6 nitrogen and oxygen atoms in total. The molecular weight excluding hydrogens is 466 g/mol. The van der Waals surface area contributed by atoms with Crippen molar-refractivity contribution in [2.24, 2.45) is 11.8 Å². The fourth-order valence-corrected chi connectivity index (χ4v) is 6.31. The first kappa shape index (κ1) is 21.8. The molecule has 3 aliphatic rings. The first-order valence-electron chi connectivity index (χ1n) is 12.2. The number of nitrogens with zero attached hydrogens (tertiary/aromatic N) is 1. The van der Waals surface area contributed by atoms with Gasteiger partial charge in [-0.05, 0) is 23.9 Å². The number of rotatable bonds is 2. The van der Waals surface area contributed by atoms with Gasteiger partial charge in [-0.15, -0.1) is 0 Å². The van der Waals surface area contributed by atoms with E-state index >= 15 is 0 Å². The fraction of sp³-hybridized carbons (Fsp3) is 0.161. The van der Waals surface area contributed by atoms with Crippen molar-refractivity contribution >= 4 is 39.8 Å². The highest BCUT2D eigenvalue weighted by atomic mass is 16.5. The van der Waals surface area contributed by atoms with Crippen LogP contribution in [0.3, 0.4) is 0 Å². The number of anilines is 1. The average molecular weight is 488 g/mol. The van der Waals surface area contributed by atoms with Crippen LogP contribution in [0.2, 0.25) is 0 Å². The van der Waals surface area contributed by atoms with Crippen molar-refractivity contribution in [3.63, 3.8) is 0 Å². The molecule has 2 aliphatic heterocycles. The number of aryl methyl sites for hydroxylation is 1. The Hall–Kier alpha value is -4.42. The fourth-order valence-electron chi connectivity index (χ4n) is 6.31. The van der Waals surface area contributed by atoms with E-state index in [-0.39, 0.29) is 11.1 Å². The Kier molecular flexibility index (Phi) is 4.45.